The van der Waals surface area contributed by atoms with E-state index in [0.717, 1.165) is 0 Å². The summed E-state index contributed by atoms with van der Waals surface area (Å²) in [7, 11) is -0.662. The Labute approximate surface area is 111 Å². The second-order valence-corrected chi connectivity index (χ2v) is 6.68. The molecule has 0 atom stereocenters. The van der Waals surface area contributed by atoms with Gasteiger partial charge in [0.15, 0.2) is 0 Å². The van der Waals surface area contributed by atoms with Crippen LogP contribution in [0.15, 0.2) is 61.7 Å². The van der Waals surface area contributed by atoms with Crippen molar-refractivity contribution in [2.24, 2.45) is 0 Å². The van der Waals surface area contributed by atoms with Gasteiger partial charge in [-0.25, -0.2) is 0 Å². The fraction of sp³-hybridized carbons (Fsp3) is 0.0588. The number of rotatable bonds is 4. The molecule has 0 amide bonds. The molecule has 0 aliphatic heterocycles. The van der Waals surface area contributed by atoms with Crippen molar-refractivity contribution in [1.82, 2.24) is 0 Å². The van der Waals surface area contributed by atoms with Crippen molar-refractivity contribution in [3.63, 3.8) is 0 Å². The second kappa shape index (κ2) is 5.65. The first kappa shape index (κ1) is 12.6. The standard InChI is InChI=1S/C17H17Si/c1-4-14-6-10-16(11-7-14)18(3)17-12-8-15(5-2)9-13-17/h4-13H,1-2H2,3H3. The Morgan fingerprint density at radius 2 is 1.06 bits per heavy atom. The molecule has 0 nitrogen and oxygen atoms in total. The Balaban J connectivity index is 2.25. The van der Waals surface area contributed by atoms with Crippen LogP contribution < -0.4 is 10.4 Å². The number of hydrogen-bond donors (Lipinski definition) is 0. The fourth-order valence-electron chi connectivity index (χ4n) is 1.91. The molecule has 0 bridgehead atoms. The predicted molar refractivity (Wildman–Crippen MR) is 84.0 cm³/mol. The highest BCUT2D eigenvalue weighted by atomic mass is 28.3. The molecule has 2 aromatic rings. The summed E-state index contributed by atoms with van der Waals surface area (Å²) in [5.41, 5.74) is 2.35. The van der Waals surface area contributed by atoms with Crippen molar-refractivity contribution in [2.45, 2.75) is 6.55 Å². The highest BCUT2D eigenvalue weighted by molar-refractivity contribution is 6.84. The number of benzene rings is 2. The fourth-order valence-corrected chi connectivity index (χ4v) is 3.57. The Morgan fingerprint density at radius 1 is 0.722 bits per heavy atom. The lowest BCUT2D eigenvalue weighted by Gasteiger charge is -2.11. The van der Waals surface area contributed by atoms with Crippen LogP contribution in [0.4, 0.5) is 0 Å². The SMILES string of the molecule is C=Cc1ccc([Si](C)c2ccc(C=C)cc2)cc1. The zero-order valence-electron chi connectivity index (χ0n) is 10.7. The van der Waals surface area contributed by atoms with E-state index in [1.54, 1.807) is 0 Å². The Hall–Kier alpha value is -1.86. The molecular weight excluding hydrogens is 232 g/mol. The molecule has 0 N–H and O–H groups in total. The molecule has 0 saturated carbocycles. The third kappa shape index (κ3) is 2.69. The highest BCUT2D eigenvalue weighted by Crippen LogP contribution is 2.02. The zero-order chi connectivity index (χ0) is 13.0. The lowest BCUT2D eigenvalue weighted by molar-refractivity contribution is 1.67. The Kier molecular flexibility index (Phi) is 3.95. The van der Waals surface area contributed by atoms with E-state index >= 15 is 0 Å². The summed E-state index contributed by atoms with van der Waals surface area (Å²) in [5.74, 6) is 0. The molecule has 0 saturated heterocycles. The van der Waals surface area contributed by atoms with Crippen molar-refractivity contribution >= 4 is 31.3 Å². The smallest absolute Gasteiger partial charge is 0.0985 e. The maximum Gasteiger partial charge on any atom is 0.118 e. The van der Waals surface area contributed by atoms with Crippen LogP contribution >= 0.6 is 0 Å². The van der Waals surface area contributed by atoms with Crippen LogP contribution in [0, 0.1) is 0 Å². The van der Waals surface area contributed by atoms with Gasteiger partial charge >= 0.3 is 0 Å². The minimum atomic E-state index is -0.662. The molecule has 18 heavy (non-hydrogen) atoms. The van der Waals surface area contributed by atoms with Gasteiger partial charge in [-0.05, 0) is 11.1 Å². The third-order valence-corrected chi connectivity index (χ3v) is 5.56. The lowest BCUT2D eigenvalue weighted by Crippen LogP contribution is -2.38. The maximum atomic E-state index is 3.78. The topological polar surface area (TPSA) is 0 Å². The summed E-state index contributed by atoms with van der Waals surface area (Å²) in [6, 6.07) is 17.4. The minimum absolute atomic E-state index is 0.662. The molecule has 0 heterocycles. The van der Waals surface area contributed by atoms with E-state index in [4.69, 9.17) is 0 Å². The summed E-state index contributed by atoms with van der Waals surface area (Å²) in [6.07, 6.45) is 3.76. The molecule has 0 spiro atoms. The largest absolute Gasteiger partial charge is 0.118 e. The molecule has 0 aliphatic carbocycles. The van der Waals surface area contributed by atoms with E-state index in [1.807, 2.05) is 12.2 Å². The highest BCUT2D eigenvalue weighted by Gasteiger charge is 2.10. The first-order valence-corrected chi connectivity index (χ1v) is 8.04. The van der Waals surface area contributed by atoms with Crippen molar-refractivity contribution in [1.29, 1.82) is 0 Å². The third-order valence-electron chi connectivity index (χ3n) is 3.16. The van der Waals surface area contributed by atoms with E-state index in [0.29, 0.717) is 0 Å². The van der Waals surface area contributed by atoms with Gasteiger partial charge in [-0.1, -0.05) is 90.8 Å². The lowest BCUT2D eigenvalue weighted by atomic mass is 10.2. The van der Waals surface area contributed by atoms with Gasteiger partial charge in [0.05, 0.1) is 0 Å². The monoisotopic (exact) mass is 249 g/mol. The Morgan fingerprint density at radius 3 is 1.33 bits per heavy atom. The van der Waals surface area contributed by atoms with Crippen molar-refractivity contribution in [2.75, 3.05) is 0 Å². The molecule has 2 rings (SSSR count). The van der Waals surface area contributed by atoms with Crippen molar-refractivity contribution < 1.29 is 0 Å². The quantitative estimate of drug-likeness (QED) is 0.730. The van der Waals surface area contributed by atoms with Gasteiger partial charge in [0, 0.05) is 0 Å². The molecule has 0 fully saturated rings. The molecule has 2 aromatic carbocycles. The summed E-state index contributed by atoms with van der Waals surface area (Å²) < 4.78 is 0. The van der Waals surface area contributed by atoms with Crippen molar-refractivity contribution in [3.05, 3.63) is 72.8 Å². The van der Waals surface area contributed by atoms with Crippen LogP contribution in [-0.4, -0.2) is 8.80 Å². The molecule has 89 valence electrons. The van der Waals surface area contributed by atoms with Crippen molar-refractivity contribution in [3.8, 4) is 0 Å². The summed E-state index contributed by atoms with van der Waals surface area (Å²) >= 11 is 0. The molecular formula is C17H17Si. The molecule has 0 aliphatic rings. The molecule has 1 radical (unpaired) electrons. The van der Waals surface area contributed by atoms with Crippen LogP contribution in [0.25, 0.3) is 12.2 Å². The van der Waals surface area contributed by atoms with E-state index in [9.17, 15) is 0 Å². The van der Waals surface area contributed by atoms with Gasteiger partial charge in [0.25, 0.3) is 0 Å². The average Bonchev–Trinajstić information content (AvgIpc) is 2.47. The minimum Gasteiger partial charge on any atom is -0.0985 e. The first-order chi connectivity index (χ1) is 8.74. The maximum absolute atomic E-state index is 3.78. The molecule has 1 heteroatoms. The van der Waals surface area contributed by atoms with Gasteiger partial charge in [-0.3, -0.25) is 0 Å². The van der Waals surface area contributed by atoms with E-state index < -0.39 is 8.80 Å². The Bertz CT molecular complexity index is 483. The molecule has 0 unspecified atom stereocenters. The average molecular weight is 249 g/mol. The van der Waals surface area contributed by atoms with Gasteiger partial charge < -0.3 is 0 Å². The molecule has 0 aromatic heterocycles. The summed E-state index contributed by atoms with van der Waals surface area (Å²) in [5, 5.41) is 2.86. The zero-order valence-corrected chi connectivity index (χ0v) is 11.7. The van der Waals surface area contributed by atoms with E-state index in [2.05, 4.69) is 68.2 Å². The van der Waals surface area contributed by atoms with Gasteiger partial charge in [0.2, 0.25) is 0 Å². The summed E-state index contributed by atoms with van der Waals surface area (Å²) in [4.78, 5) is 0. The van der Waals surface area contributed by atoms with Crippen LogP contribution in [0.3, 0.4) is 0 Å². The van der Waals surface area contributed by atoms with Crippen LogP contribution in [0.2, 0.25) is 6.55 Å². The van der Waals surface area contributed by atoms with E-state index in [1.165, 1.54) is 21.5 Å². The van der Waals surface area contributed by atoms with Crippen LogP contribution in [-0.2, 0) is 0 Å². The first-order valence-electron chi connectivity index (χ1n) is 6.04. The van der Waals surface area contributed by atoms with Gasteiger partial charge in [0.1, 0.15) is 8.80 Å². The predicted octanol–water partition coefficient (Wildman–Crippen LogP) is 3.21. The normalized spacial score (nSPS) is 10.3. The van der Waals surface area contributed by atoms with E-state index in [-0.39, 0.29) is 0 Å². The summed E-state index contributed by atoms with van der Waals surface area (Å²) in [6.45, 7) is 9.89. The second-order valence-electron chi connectivity index (χ2n) is 4.28. The van der Waals surface area contributed by atoms with Crippen LogP contribution in [0.5, 0.6) is 0 Å². The number of hydrogen-bond acceptors (Lipinski definition) is 0. The van der Waals surface area contributed by atoms with Gasteiger partial charge in [-0.15, -0.1) is 0 Å². The van der Waals surface area contributed by atoms with Gasteiger partial charge in [-0.2, -0.15) is 0 Å². The van der Waals surface area contributed by atoms with Crippen LogP contribution in [0.1, 0.15) is 11.1 Å².